The van der Waals surface area contributed by atoms with Crippen LogP contribution in [0, 0.1) is 0 Å². The lowest BCUT2D eigenvalue weighted by Gasteiger charge is -2.16. The number of ether oxygens (including phenoxy) is 3. The van der Waals surface area contributed by atoms with E-state index in [0.717, 1.165) is 0 Å². The molecule has 0 spiro atoms. The highest BCUT2D eigenvalue weighted by Gasteiger charge is 2.24. The van der Waals surface area contributed by atoms with E-state index in [0.29, 0.717) is 5.75 Å². The van der Waals surface area contributed by atoms with Gasteiger partial charge in [-0.15, -0.1) is 0 Å². The van der Waals surface area contributed by atoms with Crippen LogP contribution >= 0.6 is 11.6 Å². The van der Waals surface area contributed by atoms with Crippen molar-refractivity contribution in [2.24, 2.45) is 0 Å². The Morgan fingerprint density at radius 3 is 2.19 bits per heavy atom. The normalized spacial score (nSPS) is 10.9. The lowest BCUT2D eigenvalue weighted by Crippen LogP contribution is -2.16. The Kier molecular flexibility index (Phi) is 5.83. The van der Waals surface area contributed by atoms with Crippen LogP contribution in [0.1, 0.15) is 10.4 Å². The second-order valence-corrected chi connectivity index (χ2v) is 7.05. The summed E-state index contributed by atoms with van der Waals surface area (Å²) in [4.78, 5) is 11.4. The summed E-state index contributed by atoms with van der Waals surface area (Å²) >= 11 is 5.97. The number of methoxy groups -OCH3 is 3. The fraction of sp³-hybridized carbons (Fsp3) is 0.188. The van der Waals surface area contributed by atoms with Gasteiger partial charge in [0.2, 0.25) is 0 Å². The number of aromatic carboxylic acids is 1. The standard InChI is InChI=1S/C16H16ClNO7S/c1-23-9-6-11(16(19)20)15(14(7-9)25-3)18-26(21,22)10-4-5-13(24-2)12(17)8-10/h4-8,18H,1-3H3,(H,19,20). The van der Waals surface area contributed by atoms with E-state index in [9.17, 15) is 18.3 Å². The molecule has 0 amide bonds. The molecule has 2 aromatic rings. The van der Waals surface area contributed by atoms with E-state index in [4.69, 9.17) is 25.8 Å². The Morgan fingerprint density at radius 1 is 1.04 bits per heavy atom. The molecule has 0 aliphatic carbocycles. The maximum atomic E-state index is 12.7. The number of halogens is 1. The molecule has 0 fully saturated rings. The molecule has 2 rings (SSSR count). The Bertz CT molecular complexity index is 944. The molecular weight excluding hydrogens is 386 g/mol. The Hall–Kier alpha value is -2.65. The topological polar surface area (TPSA) is 111 Å². The van der Waals surface area contributed by atoms with E-state index < -0.39 is 16.0 Å². The number of anilines is 1. The number of carbonyl (C=O) groups is 1. The summed E-state index contributed by atoms with van der Waals surface area (Å²) in [5.41, 5.74) is -0.558. The minimum absolute atomic E-state index is 0.00932. The van der Waals surface area contributed by atoms with Crippen LogP contribution in [0.3, 0.4) is 0 Å². The quantitative estimate of drug-likeness (QED) is 0.733. The van der Waals surface area contributed by atoms with Crippen molar-refractivity contribution in [3.63, 3.8) is 0 Å². The fourth-order valence-corrected chi connectivity index (χ4v) is 3.59. The largest absolute Gasteiger partial charge is 0.497 e. The van der Waals surface area contributed by atoms with Crippen LogP contribution in [0.25, 0.3) is 0 Å². The van der Waals surface area contributed by atoms with Gasteiger partial charge in [-0.2, -0.15) is 0 Å². The van der Waals surface area contributed by atoms with Crippen molar-refractivity contribution >= 4 is 33.3 Å². The molecule has 0 heterocycles. The van der Waals surface area contributed by atoms with Crippen molar-refractivity contribution in [1.29, 1.82) is 0 Å². The van der Waals surface area contributed by atoms with Gasteiger partial charge in [-0.05, 0) is 24.3 Å². The first-order valence-electron chi connectivity index (χ1n) is 7.09. The third-order valence-electron chi connectivity index (χ3n) is 3.43. The smallest absolute Gasteiger partial charge is 0.338 e. The average Bonchev–Trinajstić information content (AvgIpc) is 2.61. The van der Waals surface area contributed by atoms with Gasteiger partial charge < -0.3 is 19.3 Å². The molecule has 0 radical (unpaired) electrons. The first-order valence-corrected chi connectivity index (χ1v) is 8.95. The molecule has 2 N–H and O–H groups in total. The van der Waals surface area contributed by atoms with Gasteiger partial charge in [0.15, 0.2) is 0 Å². The number of carboxylic acids is 1. The number of nitrogens with one attached hydrogen (secondary N) is 1. The predicted octanol–water partition coefficient (Wildman–Crippen LogP) is 2.86. The van der Waals surface area contributed by atoms with Gasteiger partial charge >= 0.3 is 5.97 Å². The van der Waals surface area contributed by atoms with Gasteiger partial charge in [0.25, 0.3) is 10.0 Å². The molecule has 0 aliphatic rings. The molecule has 140 valence electrons. The molecule has 26 heavy (non-hydrogen) atoms. The van der Waals surface area contributed by atoms with Crippen LogP contribution in [-0.4, -0.2) is 40.8 Å². The molecule has 0 aromatic heterocycles. The monoisotopic (exact) mass is 401 g/mol. The van der Waals surface area contributed by atoms with Gasteiger partial charge in [0.05, 0.1) is 36.8 Å². The maximum absolute atomic E-state index is 12.7. The number of hydrogen-bond acceptors (Lipinski definition) is 6. The summed E-state index contributed by atoms with van der Waals surface area (Å²) < 4.78 is 42.6. The predicted molar refractivity (Wildman–Crippen MR) is 95.3 cm³/mol. The summed E-state index contributed by atoms with van der Waals surface area (Å²) in [5.74, 6) is -0.855. The molecular formula is C16H16ClNO7S. The molecule has 2 aromatic carbocycles. The molecule has 10 heteroatoms. The molecule has 0 atom stereocenters. The highest BCUT2D eigenvalue weighted by atomic mass is 35.5. The zero-order valence-corrected chi connectivity index (χ0v) is 15.6. The second kappa shape index (κ2) is 7.71. The number of rotatable bonds is 7. The molecule has 0 bridgehead atoms. The number of sulfonamides is 1. The zero-order valence-electron chi connectivity index (χ0n) is 14.1. The van der Waals surface area contributed by atoms with Crippen molar-refractivity contribution in [3.8, 4) is 17.2 Å². The minimum atomic E-state index is -4.14. The highest BCUT2D eigenvalue weighted by Crippen LogP contribution is 2.36. The van der Waals surface area contributed by atoms with E-state index in [1.54, 1.807) is 0 Å². The summed E-state index contributed by atoms with van der Waals surface area (Å²) in [6.45, 7) is 0. The number of carboxylic acid groups (broad SMARTS) is 1. The van der Waals surface area contributed by atoms with Crippen molar-refractivity contribution in [2.75, 3.05) is 26.1 Å². The Morgan fingerprint density at radius 2 is 1.69 bits per heavy atom. The summed E-state index contributed by atoms with van der Waals surface area (Å²) in [5, 5.41) is 9.49. The van der Waals surface area contributed by atoms with Crippen molar-refractivity contribution in [3.05, 3.63) is 40.9 Å². The highest BCUT2D eigenvalue weighted by molar-refractivity contribution is 7.92. The zero-order chi connectivity index (χ0) is 19.5. The van der Waals surface area contributed by atoms with Crippen LogP contribution in [0.2, 0.25) is 5.02 Å². The number of benzene rings is 2. The van der Waals surface area contributed by atoms with E-state index >= 15 is 0 Å². The third kappa shape index (κ3) is 3.94. The molecule has 0 saturated heterocycles. The lowest BCUT2D eigenvalue weighted by atomic mass is 10.1. The van der Waals surface area contributed by atoms with Crippen LogP contribution < -0.4 is 18.9 Å². The van der Waals surface area contributed by atoms with E-state index in [-0.39, 0.29) is 32.7 Å². The van der Waals surface area contributed by atoms with Crippen LogP contribution in [0.4, 0.5) is 5.69 Å². The lowest BCUT2D eigenvalue weighted by molar-refractivity contribution is 0.0697. The van der Waals surface area contributed by atoms with Gasteiger partial charge in [-0.25, -0.2) is 13.2 Å². The minimum Gasteiger partial charge on any atom is -0.497 e. The average molecular weight is 402 g/mol. The first-order chi connectivity index (χ1) is 12.2. The molecule has 8 nitrogen and oxygen atoms in total. The second-order valence-electron chi connectivity index (χ2n) is 4.96. The van der Waals surface area contributed by atoms with Crippen LogP contribution in [0.15, 0.2) is 35.2 Å². The Labute approximate surface area is 155 Å². The van der Waals surface area contributed by atoms with Crippen molar-refractivity contribution < 1.29 is 32.5 Å². The fourth-order valence-electron chi connectivity index (χ4n) is 2.15. The van der Waals surface area contributed by atoms with Crippen molar-refractivity contribution in [2.45, 2.75) is 4.90 Å². The summed E-state index contributed by atoms with van der Waals surface area (Å²) in [6, 6.07) is 6.41. The molecule has 0 saturated carbocycles. The summed E-state index contributed by atoms with van der Waals surface area (Å²) in [7, 11) is -0.114. The number of hydrogen-bond donors (Lipinski definition) is 2. The van der Waals surface area contributed by atoms with Gasteiger partial charge in [-0.3, -0.25) is 4.72 Å². The SMILES string of the molecule is COc1cc(OC)c(NS(=O)(=O)c2ccc(OC)c(Cl)c2)c(C(=O)O)c1. The Balaban J connectivity index is 2.55. The van der Waals surface area contributed by atoms with Gasteiger partial charge in [0.1, 0.15) is 22.9 Å². The van der Waals surface area contributed by atoms with E-state index in [2.05, 4.69) is 4.72 Å². The van der Waals surface area contributed by atoms with Crippen LogP contribution in [-0.2, 0) is 10.0 Å². The maximum Gasteiger partial charge on any atom is 0.338 e. The first kappa shape index (κ1) is 19.7. The van der Waals surface area contributed by atoms with E-state index in [1.165, 1.54) is 51.7 Å². The van der Waals surface area contributed by atoms with Crippen LogP contribution in [0.5, 0.6) is 17.2 Å². The van der Waals surface area contributed by atoms with Gasteiger partial charge in [-0.1, -0.05) is 11.6 Å². The molecule has 0 unspecified atom stereocenters. The third-order valence-corrected chi connectivity index (χ3v) is 5.07. The van der Waals surface area contributed by atoms with Gasteiger partial charge in [0, 0.05) is 6.07 Å². The summed E-state index contributed by atoms with van der Waals surface area (Å²) in [6.07, 6.45) is 0. The van der Waals surface area contributed by atoms with Crippen molar-refractivity contribution in [1.82, 2.24) is 0 Å². The van der Waals surface area contributed by atoms with E-state index in [1.807, 2.05) is 0 Å². The molecule has 0 aliphatic heterocycles.